The van der Waals surface area contributed by atoms with Crippen molar-refractivity contribution in [2.75, 3.05) is 13.6 Å². The fraction of sp³-hybridized carbons (Fsp3) is 0.571. The van der Waals surface area contributed by atoms with E-state index in [0.717, 1.165) is 6.42 Å². The van der Waals surface area contributed by atoms with Crippen molar-refractivity contribution in [2.24, 2.45) is 0 Å². The van der Waals surface area contributed by atoms with E-state index in [1.165, 1.54) is 36.9 Å². The van der Waals surface area contributed by atoms with Crippen LogP contribution in [0.25, 0.3) is 0 Å². The van der Waals surface area contributed by atoms with Crippen molar-refractivity contribution < 1.29 is 5.11 Å². The first-order valence-electron chi connectivity index (χ1n) is 6.28. The monoisotopic (exact) mass is 217 g/mol. The van der Waals surface area contributed by atoms with Gasteiger partial charge in [0.05, 0.1) is 0 Å². The van der Waals surface area contributed by atoms with Gasteiger partial charge in [0.15, 0.2) is 0 Å². The molecule has 0 amide bonds. The van der Waals surface area contributed by atoms with Crippen molar-refractivity contribution in [1.29, 1.82) is 0 Å². The van der Waals surface area contributed by atoms with Crippen LogP contribution >= 0.6 is 0 Å². The van der Waals surface area contributed by atoms with Crippen molar-refractivity contribution in [2.45, 2.75) is 37.6 Å². The molecule has 0 bridgehead atoms. The number of fused-ring (bicyclic) bond motifs is 3. The summed E-state index contributed by atoms with van der Waals surface area (Å²) in [6.45, 7) is 1.23. The lowest BCUT2D eigenvalue weighted by molar-refractivity contribution is 0.143. The standard InChI is InChI=1S/C14H19NO/c1-15-9-3-5-11-10-4-2-6-14(16)12(10)7-8-13(11)15/h2,4,6,11,13,16H,3,5,7-9H2,1H3/t11-,13-/m0/s1. The summed E-state index contributed by atoms with van der Waals surface area (Å²) in [5.41, 5.74) is 2.61. The summed E-state index contributed by atoms with van der Waals surface area (Å²) in [4.78, 5) is 2.50. The fourth-order valence-electron chi connectivity index (χ4n) is 3.51. The zero-order valence-electron chi connectivity index (χ0n) is 9.82. The van der Waals surface area contributed by atoms with E-state index in [1.54, 1.807) is 0 Å². The second-order valence-corrected chi connectivity index (χ2v) is 5.18. The maximum absolute atomic E-state index is 9.90. The maximum atomic E-state index is 9.90. The van der Waals surface area contributed by atoms with Crippen LogP contribution in [0.4, 0.5) is 0 Å². The number of hydrogen-bond donors (Lipinski definition) is 1. The number of likely N-dealkylation sites (N-methyl/N-ethyl adjacent to an activating group) is 1. The van der Waals surface area contributed by atoms with E-state index < -0.39 is 0 Å². The van der Waals surface area contributed by atoms with E-state index in [-0.39, 0.29) is 0 Å². The Kier molecular flexibility index (Phi) is 2.40. The van der Waals surface area contributed by atoms with Gasteiger partial charge in [0.25, 0.3) is 0 Å². The Morgan fingerprint density at radius 1 is 1.31 bits per heavy atom. The third-order valence-electron chi connectivity index (χ3n) is 4.33. The molecule has 1 aromatic carbocycles. The van der Waals surface area contributed by atoms with Crippen molar-refractivity contribution in [3.05, 3.63) is 29.3 Å². The predicted molar refractivity (Wildman–Crippen MR) is 64.8 cm³/mol. The summed E-state index contributed by atoms with van der Waals surface area (Å²) in [6.07, 6.45) is 4.80. The number of phenols is 1. The van der Waals surface area contributed by atoms with E-state index >= 15 is 0 Å². The quantitative estimate of drug-likeness (QED) is 0.722. The highest BCUT2D eigenvalue weighted by Crippen LogP contribution is 2.42. The van der Waals surface area contributed by atoms with Crippen molar-refractivity contribution >= 4 is 0 Å². The van der Waals surface area contributed by atoms with Crippen LogP contribution < -0.4 is 0 Å². The van der Waals surface area contributed by atoms with Crippen molar-refractivity contribution in [3.63, 3.8) is 0 Å². The Morgan fingerprint density at radius 2 is 2.19 bits per heavy atom. The molecule has 1 aliphatic heterocycles. The van der Waals surface area contributed by atoms with E-state index in [2.05, 4.69) is 18.0 Å². The Morgan fingerprint density at radius 3 is 3.06 bits per heavy atom. The lowest BCUT2D eigenvalue weighted by atomic mass is 9.74. The van der Waals surface area contributed by atoms with Gasteiger partial charge in [-0.15, -0.1) is 0 Å². The highest BCUT2D eigenvalue weighted by atomic mass is 16.3. The van der Waals surface area contributed by atoms with Gasteiger partial charge in [-0.05, 0) is 62.4 Å². The molecule has 3 rings (SSSR count). The van der Waals surface area contributed by atoms with E-state index in [9.17, 15) is 5.11 Å². The van der Waals surface area contributed by atoms with Crippen molar-refractivity contribution in [1.82, 2.24) is 4.90 Å². The largest absolute Gasteiger partial charge is 0.508 e. The molecule has 1 fully saturated rings. The smallest absolute Gasteiger partial charge is 0.119 e. The molecule has 16 heavy (non-hydrogen) atoms. The zero-order valence-corrected chi connectivity index (χ0v) is 9.82. The van der Waals surface area contributed by atoms with Gasteiger partial charge in [0.2, 0.25) is 0 Å². The van der Waals surface area contributed by atoms with Crippen LogP contribution in [0.2, 0.25) is 0 Å². The molecule has 2 aliphatic rings. The van der Waals surface area contributed by atoms with Gasteiger partial charge in [-0.1, -0.05) is 12.1 Å². The lowest BCUT2D eigenvalue weighted by Gasteiger charge is -2.43. The molecule has 1 saturated heterocycles. The molecule has 0 unspecified atom stereocenters. The van der Waals surface area contributed by atoms with Gasteiger partial charge < -0.3 is 10.0 Å². The molecule has 1 aromatic rings. The second kappa shape index (κ2) is 3.77. The van der Waals surface area contributed by atoms with Gasteiger partial charge >= 0.3 is 0 Å². The fourth-order valence-corrected chi connectivity index (χ4v) is 3.51. The number of phenolic OH excluding ortho intramolecular Hbond substituents is 1. The molecule has 0 radical (unpaired) electrons. The number of benzene rings is 1. The summed E-state index contributed by atoms with van der Waals surface area (Å²) in [7, 11) is 2.24. The third kappa shape index (κ3) is 1.44. The predicted octanol–water partition coefficient (Wildman–Crippen LogP) is 2.52. The van der Waals surface area contributed by atoms with Crippen LogP contribution in [0, 0.1) is 0 Å². The van der Waals surface area contributed by atoms with Crippen LogP contribution in [0.1, 0.15) is 36.3 Å². The molecule has 2 heteroatoms. The minimum absolute atomic E-state index is 0.504. The summed E-state index contributed by atoms with van der Waals surface area (Å²) in [5.74, 6) is 1.15. The molecule has 1 heterocycles. The number of hydrogen-bond acceptors (Lipinski definition) is 2. The molecule has 0 saturated carbocycles. The first-order valence-corrected chi connectivity index (χ1v) is 6.28. The third-order valence-corrected chi connectivity index (χ3v) is 4.33. The molecule has 86 valence electrons. The molecule has 1 N–H and O–H groups in total. The van der Waals surface area contributed by atoms with Gasteiger partial charge in [-0.2, -0.15) is 0 Å². The minimum atomic E-state index is 0.504. The summed E-state index contributed by atoms with van der Waals surface area (Å²) in [5, 5.41) is 9.90. The number of likely N-dealkylation sites (tertiary alicyclic amines) is 1. The molecular weight excluding hydrogens is 198 g/mol. The molecule has 1 aliphatic carbocycles. The Hall–Kier alpha value is -1.02. The zero-order chi connectivity index (χ0) is 11.1. The van der Waals surface area contributed by atoms with Gasteiger partial charge in [0.1, 0.15) is 5.75 Å². The molecular formula is C14H19NO. The molecule has 2 atom stereocenters. The van der Waals surface area contributed by atoms with Crippen LogP contribution in [0.15, 0.2) is 18.2 Å². The lowest BCUT2D eigenvalue weighted by Crippen LogP contribution is -2.43. The van der Waals surface area contributed by atoms with Crippen LogP contribution in [0.3, 0.4) is 0 Å². The number of piperidine rings is 1. The normalized spacial score (nSPS) is 29.6. The highest BCUT2D eigenvalue weighted by Gasteiger charge is 2.35. The molecule has 0 spiro atoms. The Balaban J connectivity index is 2.02. The van der Waals surface area contributed by atoms with E-state index in [1.807, 2.05) is 12.1 Å². The number of rotatable bonds is 0. The minimum Gasteiger partial charge on any atom is -0.508 e. The molecule has 0 aromatic heterocycles. The SMILES string of the molecule is CN1CCC[C@H]2c3cccc(O)c3CC[C@@H]21. The molecule has 2 nitrogen and oxygen atoms in total. The van der Waals surface area contributed by atoms with Gasteiger partial charge in [-0.25, -0.2) is 0 Å². The maximum Gasteiger partial charge on any atom is 0.119 e. The summed E-state index contributed by atoms with van der Waals surface area (Å²) < 4.78 is 0. The first kappa shape index (κ1) is 10.2. The Bertz CT molecular complexity index is 402. The van der Waals surface area contributed by atoms with Gasteiger partial charge in [-0.3, -0.25) is 0 Å². The van der Waals surface area contributed by atoms with E-state index in [4.69, 9.17) is 0 Å². The topological polar surface area (TPSA) is 23.5 Å². The van der Waals surface area contributed by atoms with Crippen molar-refractivity contribution in [3.8, 4) is 5.75 Å². The van der Waals surface area contributed by atoms with E-state index in [0.29, 0.717) is 17.7 Å². The Labute approximate surface area is 96.9 Å². The number of aromatic hydroxyl groups is 1. The average molecular weight is 217 g/mol. The highest BCUT2D eigenvalue weighted by molar-refractivity contribution is 5.44. The summed E-state index contributed by atoms with van der Waals surface area (Å²) >= 11 is 0. The first-order chi connectivity index (χ1) is 7.77. The second-order valence-electron chi connectivity index (χ2n) is 5.18. The summed E-state index contributed by atoms with van der Waals surface area (Å²) in [6, 6.07) is 6.73. The van der Waals surface area contributed by atoms with Crippen LogP contribution in [-0.4, -0.2) is 29.6 Å². The van der Waals surface area contributed by atoms with Crippen LogP contribution in [0.5, 0.6) is 5.75 Å². The number of nitrogens with zero attached hydrogens (tertiary/aromatic N) is 1. The van der Waals surface area contributed by atoms with Gasteiger partial charge in [0, 0.05) is 6.04 Å². The van der Waals surface area contributed by atoms with Crippen LogP contribution in [-0.2, 0) is 6.42 Å². The average Bonchev–Trinajstić information content (AvgIpc) is 2.30.